The summed E-state index contributed by atoms with van der Waals surface area (Å²) >= 11 is 0. The summed E-state index contributed by atoms with van der Waals surface area (Å²) in [4.78, 5) is 10.9. The Bertz CT molecular complexity index is 609. The third-order valence-electron chi connectivity index (χ3n) is 2.79. The molecular formula is C15H16N2O3. The molecule has 0 aliphatic rings. The number of rotatable bonds is 4. The zero-order valence-electron chi connectivity index (χ0n) is 11.1. The van der Waals surface area contributed by atoms with Gasteiger partial charge in [-0.15, -0.1) is 0 Å². The van der Waals surface area contributed by atoms with Crippen molar-refractivity contribution in [3.8, 4) is 11.5 Å². The first-order chi connectivity index (χ1) is 9.56. The summed E-state index contributed by atoms with van der Waals surface area (Å²) in [7, 11) is 0. The molecule has 0 aliphatic carbocycles. The number of para-hydroxylation sites is 1. The van der Waals surface area contributed by atoms with Gasteiger partial charge in [0.05, 0.1) is 0 Å². The molecule has 0 atom stereocenters. The van der Waals surface area contributed by atoms with Crippen LogP contribution in [0.15, 0.2) is 42.5 Å². The molecule has 1 amide bonds. The van der Waals surface area contributed by atoms with Crippen LogP contribution in [0.4, 0.5) is 11.4 Å². The molecule has 0 bridgehead atoms. The summed E-state index contributed by atoms with van der Waals surface area (Å²) < 4.78 is 0. The highest BCUT2D eigenvalue weighted by molar-refractivity contribution is 5.88. The number of aromatic hydroxyl groups is 2. The molecule has 5 nitrogen and oxygen atoms in total. The molecule has 4 N–H and O–H groups in total. The van der Waals surface area contributed by atoms with Crippen molar-refractivity contribution in [1.29, 1.82) is 0 Å². The lowest BCUT2D eigenvalue weighted by atomic mass is 10.2. The maximum Gasteiger partial charge on any atom is 0.221 e. The third kappa shape index (κ3) is 3.41. The molecule has 0 spiro atoms. The third-order valence-corrected chi connectivity index (χ3v) is 2.79. The maximum atomic E-state index is 10.9. The van der Waals surface area contributed by atoms with E-state index in [1.165, 1.54) is 13.0 Å². The summed E-state index contributed by atoms with van der Waals surface area (Å²) in [5.41, 5.74) is 2.18. The van der Waals surface area contributed by atoms with Crippen LogP contribution < -0.4 is 10.6 Å². The van der Waals surface area contributed by atoms with E-state index in [1.807, 2.05) is 12.1 Å². The summed E-state index contributed by atoms with van der Waals surface area (Å²) in [6.07, 6.45) is 0. The standard InChI is InChI=1S/C15H16N2O3/c1-10(18)17-13-7-5-12(6-8-13)16-9-11-3-2-4-14(19)15(11)20/h2-8,16,19-20H,9H2,1H3,(H,17,18). The van der Waals surface area contributed by atoms with Crippen molar-refractivity contribution in [3.63, 3.8) is 0 Å². The van der Waals surface area contributed by atoms with Gasteiger partial charge in [-0.2, -0.15) is 0 Å². The fourth-order valence-electron chi connectivity index (χ4n) is 1.79. The number of hydrogen-bond donors (Lipinski definition) is 4. The number of benzene rings is 2. The maximum absolute atomic E-state index is 10.9. The molecule has 0 unspecified atom stereocenters. The zero-order valence-corrected chi connectivity index (χ0v) is 11.1. The smallest absolute Gasteiger partial charge is 0.221 e. The highest BCUT2D eigenvalue weighted by atomic mass is 16.3. The van der Waals surface area contributed by atoms with Crippen LogP contribution in [0.25, 0.3) is 0 Å². The van der Waals surface area contributed by atoms with Crippen molar-refractivity contribution >= 4 is 17.3 Å². The Morgan fingerprint density at radius 1 is 1.05 bits per heavy atom. The number of phenols is 2. The number of phenolic OH excluding ortho intramolecular Hbond substituents is 2. The van der Waals surface area contributed by atoms with Crippen LogP contribution in [0.5, 0.6) is 11.5 Å². The zero-order chi connectivity index (χ0) is 14.5. The van der Waals surface area contributed by atoms with Crippen molar-refractivity contribution in [2.45, 2.75) is 13.5 Å². The number of anilines is 2. The number of nitrogens with one attached hydrogen (secondary N) is 2. The molecule has 0 saturated carbocycles. The van der Waals surface area contributed by atoms with Gasteiger partial charge in [-0.25, -0.2) is 0 Å². The van der Waals surface area contributed by atoms with E-state index in [2.05, 4.69) is 10.6 Å². The topological polar surface area (TPSA) is 81.6 Å². The minimum absolute atomic E-state index is 0.115. The molecule has 2 aromatic carbocycles. The quantitative estimate of drug-likeness (QED) is 0.645. The van der Waals surface area contributed by atoms with E-state index in [1.54, 1.807) is 24.3 Å². The Balaban J connectivity index is 2.00. The molecule has 5 heteroatoms. The Labute approximate surface area is 116 Å². The highest BCUT2D eigenvalue weighted by Gasteiger charge is 2.05. The number of hydrogen-bond acceptors (Lipinski definition) is 4. The summed E-state index contributed by atoms with van der Waals surface area (Å²) in [5.74, 6) is -0.365. The van der Waals surface area contributed by atoms with Crippen molar-refractivity contribution < 1.29 is 15.0 Å². The predicted molar refractivity (Wildman–Crippen MR) is 77.8 cm³/mol. The predicted octanol–water partition coefficient (Wildman–Crippen LogP) is 2.67. The molecule has 20 heavy (non-hydrogen) atoms. The summed E-state index contributed by atoms with van der Waals surface area (Å²) in [5, 5.41) is 24.9. The van der Waals surface area contributed by atoms with Crippen LogP contribution in [0.3, 0.4) is 0 Å². The molecular weight excluding hydrogens is 256 g/mol. The number of carbonyl (C=O) groups is 1. The van der Waals surface area contributed by atoms with Gasteiger partial charge >= 0.3 is 0 Å². The van der Waals surface area contributed by atoms with E-state index < -0.39 is 0 Å². The van der Waals surface area contributed by atoms with Crippen LogP contribution >= 0.6 is 0 Å². The van der Waals surface area contributed by atoms with Crippen LogP contribution in [-0.2, 0) is 11.3 Å². The average Bonchev–Trinajstić information content (AvgIpc) is 2.41. The fraction of sp³-hybridized carbons (Fsp3) is 0.133. The van der Waals surface area contributed by atoms with E-state index in [0.29, 0.717) is 12.1 Å². The molecule has 0 saturated heterocycles. The van der Waals surface area contributed by atoms with Gasteiger partial charge in [0.25, 0.3) is 0 Å². The molecule has 0 radical (unpaired) electrons. The molecule has 2 rings (SSSR count). The second-order valence-corrected chi connectivity index (χ2v) is 4.40. The van der Waals surface area contributed by atoms with E-state index in [-0.39, 0.29) is 17.4 Å². The van der Waals surface area contributed by atoms with Crippen molar-refractivity contribution in [1.82, 2.24) is 0 Å². The van der Waals surface area contributed by atoms with Crippen LogP contribution in [-0.4, -0.2) is 16.1 Å². The van der Waals surface area contributed by atoms with Gasteiger partial charge in [0.2, 0.25) is 5.91 Å². The Morgan fingerprint density at radius 2 is 1.70 bits per heavy atom. The van der Waals surface area contributed by atoms with E-state index in [4.69, 9.17) is 0 Å². The largest absolute Gasteiger partial charge is 0.504 e. The second-order valence-electron chi connectivity index (χ2n) is 4.40. The van der Waals surface area contributed by atoms with Crippen molar-refractivity contribution in [3.05, 3.63) is 48.0 Å². The first kappa shape index (κ1) is 13.7. The summed E-state index contributed by atoms with van der Waals surface area (Å²) in [6.45, 7) is 1.84. The normalized spacial score (nSPS) is 10.1. The molecule has 0 aromatic heterocycles. The van der Waals surface area contributed by atoms with Crippen LogP contribution in [0, 0.1) is 0 Å². The van der Waals surface area contributed by atoms with Gasteiger partial charge in [-0.1, -0.05) is 12.1 Å². The van der Waals surface area contributed by atoms with Crippen molar-refractivity contribution in [2.24, 2.45) is 0 Å². The van der Waals surface area contributed by atoms with Gasteiger partial charge in [0, 0.05) is 30.4 Å². The van der Waals surface area contributed by atoms with Gasteiger partial charge in [0.15, 0.2) is 11.5 Å². The summed E-state index contributed by atoms with van der Waals surface area (Å²) in [6, 6.07) is 12.1. The van der Waals surface area contributed by atoms with E-state index >= 15 is 0 Å². The van der Waals surface area contributed by atoms with Gasteiger partial charge in [0.1, 0.15) is 0 Å². The minimum atomic E-state index is -0.134. The monoisotopic (exact) mass is 272 g/mol. The Morgan fingerprint density at radius 3 is 2.35 bits per heavy atom. The number of amides is 1. The average molecular weight is 272 g/mol. The van der Waals surface area contributed by atoms with Crippen LogP contribution in [0.1, 0.15) is 12.5 Å². The lowest BCUT2D eigenvalue weighted by Gasteiger charge is -2.10. The minimum Gasteiger partial charge on any atom is -0.504 e. The lowest BCUT2D eigenvalue weighted by molar-refractivity contribution is -0.114. The molecule has 0 aliphatic heterocycles. The molecule has 0 fully saturated rings. The van der Waals surface area contributed by atoms with E-state index in [9.17, 15) is 15.0 Å². The Kier molecular flexibility index (Phi) is 4.10. The first-order valence-corrected chi connectivity index (χ1v) is 6.17. The Hall–Kier alpha value is -2.69. The molecule has 104 valence electrons. The SMILES string of the molecule is CC(=O)Nc1ccc(NCc2cccc(O)c2O)cc1. The van der Waals surface area contributed by atoms with E-state index in [0.717, 1.165) is 11.4 Å². The lowest BCUT2D eigenvalue weighted by Crippen LogP contribution is -2.05. The van der Waals surface area contributed by atoms with Gasteiger partial charge in [-0.05, 0) is 30.3 Å². The number of carbonyl (C=O) groups excluding carboxylic acids is 1. The van der Waals surface area contributed by atoms with Gasteiger partial charge < -0.3 is 20.8 Å². The molecule has 0 heterocycles. The first-order valence-electron chi connectivity index (χ1n) is 6.17. The fourth-order valence-corrected chi connectivity index (χ4v) is 1.79. The van der Waals surface area contributed by atoms with Crippen LogP contribution in [0.2, 0.25) is 0 Å². The molecule has 2 aromatic rings. The second kappa shape index (κ2) is 5.97. The highest BCUT2D eigenvalue weighted by Crippen LogP contribution is 2.28. The van der Waals surface area contributed by atoms with Gasteiger partial charge in [-0.3, -0.25) is 4.79 Å². The van der Waals surface area contributed by atoms with Crippen molar-refractivity contribution in [2.75, 3.05) is 10.6 Å².